The Bertz CT molecular complexity index is 792. The Morgan fingerprint density at radius 1 is 1.27 bits per heavy atom. The van der Waals surface area contributed by atoms with Crippen molar-refractivity contribution in [1.82, 2.24) is 15.0 Å². The minimum absolute atomic E-state index is 0.206. The Kier molecular flexibility index (Phi) is 7.10. The summed E-state index contributed by atoms with van der Waals surface area (Å²) < 4.78 is 5.23. The summed E-state index contributed by atoms with van der Waals surface area (Å²) in [4.78, 5) is 37.3. The van der Waals surface area contributed by atoms with Crippen molar-refractivity contribution in [2.45, 2.75) is 44.9 Å². The lowest BCUT2D eigenvalue weighted by atomic mass is 10.2. The molecule has 0 saturated heterocycles. The van der Waals surface area contributed by atoms with Crippen LogP contribution >= 0.6 is 23.1 Å². The molecule has 1 unspecified atom stereocenters. The van der Waals surface area contributed by atoms with Crippen molar-refractivity contribution >= 4 is 40.1 Å². The first-order chi connectivity index (χ1) is 12.3. The van der Waals surface area contributed by atoms with Gasteiger partial charge in [-0.2, -0.15) is 0 Å². The Labute approximate surface area is 161 Å². The van der Waals surface area contributed by atoms with Crippen LogP contribution in [0.1, 0.15) is 41.8 Å². The molecule has 0 bridgehead atoms. The number of carbonyl (C=O) groups excluding carboxylic acids is 2. The SMILES string of the molecule is Cc1cc(SC(C)C(=O)Nc2nc(C)c(C(=O)OCC(C)C)s2)ncn1. The first kappa shape index (κ1) is 20.3. The van der Waals surface area contributed by atoms with Gasteiger partial charge in [0.15, 0.2) is 5.13 Å². The maximum Gasteiger partial charge on any atom is 0.350 e. The summed E-state index contributed by atoms with van der Waals surface area (Å²) in [6.45, 7) is 9.67. The first-order valence-corrected chi connectivity index (χ1v) is 9.86. The number of ether oxygens (including phenoxy) is 1. The summed E-state index contributed by atoms with van der Waals surface area (Å²) in [7, 11) is 0. The second kappa shape index (κ2) is 9.09. The average Bonchev–Trinajstić information content (AvgIpc) is 2.93. The van der Waals surface area contributed by atoms with Gasteiger partial charge in [-0.25, -0.2) is 19.7 Å². The fraction of sp³-hybridized carbons (Fsp3) is 0.471. The van der Waals surface area contributed by atoms with Crippen LogP contribution in [-0.2, 0) is 9.53 Å². The van der Waals surface area contributed by atoms with Gasteiger partial charge in [0.05, 0.1) is 17.6 Å². The summed E-state index contributed by atoms with van der Waals surface area (Å²) in [6, 6.07) is 1.82. The second-order valence-electron chi connectivity index (χ2n) is 6.17. The minimum Gasteiger partial charge on any atom is -0.461 e. The molecule has 2 aromatic heterocycles. The number of hydrogen-bond donors (Lipinski definition) is 1. The van der Waals surface area contributed by atoms with E-state index in [2.05, 4.69) is 20.3 Å². The van der Waals surface area contributed by atoms with Crippen molar-refractivity contribution in [3.8, 4) is 0 Å². The van der Waals surface area contributed by atoms with Crippen LogP contribution in [0, 0.1) is 19.8 Å². The molecule has 9 heteroatoms. The second-order valence-corrected chi connectivity index (χ2v) is 8.53. The summed E-state index contributed by atoms with van der Waals surface area (Å²) in [6.07, 6.45) is 1.47. The highest BCUT2D eigenvalue weighted by Crippen LogP contribution is 2.26. The van der Waals surface area contributed by atoms with E-state index in [0.717, 1.165) is 22.1 Å². The quantitative estimate of drug-likeness (QED) is 0.436. The molecule has 1 amide bonds. The number of rotatable bonds is 7. The van der Waals surface area contributed by atoms with Crippen LogP contribution in [0.5, 0.6) is 0 Å². The van der Waals surface area contributed by atoms with Gasteiger partial charge >= 0.3 is 5.97 Å². The summed E-state index contributed by atoms with van der Waals surface area (Å²) >= 11 is 2.46. The molecule has 2 aromatic rings. The smallest absolute Gasteiger partial charge is 0.350 e. The van der Waals surface area contributed by atoms with E-state index in [4.69, 9.17) is 4.74 Å². The van der Waals surface area contributed by atoms with Gasteiger partial charge in [0.2, 0.25) is 5.91 Å². The van der Waals surface area contributed by atoms with E-state index in [-0.39, 0.29) is 17.1 Å². The normalized spacial score (nSPS) is 12.1. The largest absolute Gasteiger partial charge is 0.461 e. The van der Waals surface area contributed by atoms with Gasteiger partial charge < -0.3 is 10.1 Å². The lowest BCUT2D eigenvalue weighted by Gasteiger charge is -2.09. The maximum atomic E-state index is 12.4. The number of thioether (sulfide) groups is 1. The number of esters is 1. The fourth-order valence-corrected chi connectivity index (χ4v) is 3.62. The molecule has 0 aliphatic rings. The highest BCUT2D eigenvalue weighted by atomic mass is 32.2. The summed E-state index contributed by atoms with van der Waals surface area (Å²) in [5.74, 6) is -0.357. The molecule has 7 nitrogen and oxygen atoms in total. The van der Waals surface area contributed by atoms with Gasteiger partial charge in [-0.1, -0.05) is 36.9 Å². The zero-order valence-electron chi connectivity index (χ0n) is 15.4. The number of aryl methyl sites for hydroxylation is 2. The van der Waals surface area contributed by atoms with E-state index in [1.54, 1.807) is 13.8 Å². The zero-order chi connectivity index (χ0) is 19.3. The van der Waals surface area contributed by atoms with Crippen LogP contribution in [0.2, 0.25) is 0 Å². The van der Waals surface area contributed by atoms with E-state index < -0.39 is 5.97 Å². The summed E-state index contributed by atoms with van der Waals surface area (Å²) in [5.41, 5.74) is 1.39. The van der Waals surface area contributed by atoms with Gasteiger partial charge in [0, 0.05) is 5.69 Å². The third-order valence-corrected chi connectivity index (χ3v) is 5.29. The molecule has 1 N–H and O–H groups in total. The molecular formula is C17H22N4O3S2. The number of aromatic nitrogens is 3. The summed E-state index contributed by atoms with van der Waals surface area (Å²) in [5, 5.41) is 3.50. The number of nitrogens with zero attached hydrogens (tertiary/aromatic N) is 3. The van der Waals surface area contributed by atoms with Crippen molar-refractivity contribution in [2.75, 3.05) is 11.9 Å². The van der Waals surface area contributed by atoms with Crippen LogP contribution in [0.15, 0.2) is 17.4 Å². The molecule has 26 heavy (non-hydrogen) atoms. The van der Waals surface area contributed by atoms with Crippen molar-refractivity contribution in [3.05, 3.63) is 28.7 Å². The molecule has 0 saturated carbocycles. The molecule has 140 valence electrons. The standard InChI is InChI=1S/C17H22N4O3S2/c1-9(2)7-24-16(23)14-11(4)20-17(26-14)21-15(22)12(5)25-13-6-10(3)18-8-19-13/h6,8-9,12H,7H2,1-5H3,(H,20,21,22). The Balaban J connectivity index is 1.98. The predicted molar refractivity (Wildman–Crippen MR) is 103 cm³/mol. The van der Waals surface area contributed by atoms with Crippen molar-refractivity contribution in [2.24, 2.45) is 5.92 Å². The number of carbonyl (C=O) groups is 2. The minimum atomic E-state index is -0.409. The highest BCUT2D eigenvalue weighted by Gasteiger charge is 2.21. The van der Waals surface area contributed by atoms with Crippen molar-refractivity contribution in [1.29, 1.82) is 0 Å². The van der Waals surface area contributed by atoms with E-state index in [0.29, 0.717) is 22.3 Å². The van der Waals surface area contributed by atoms with Crippen molar-refractivity contribution in [3.63, 3.8) is 0 Å². The molecule has 0 radical (unpaired) electrons. The lowest BCUT2D eigenvalue weighted by Crippen LogP contribution is -2.22. The van der Waals surface area contributed by atoms with Gasteiger partial charge in [0.1, 0.15) is 16.2 Å². The average molecular weight is 395 g/mol. The van der Waals surface area contributed by atoms with Crippen LogP contribution in [0.25, 0.3) is 0 Å². The van der Waals surface area contributed by atoms with E-state index in [9.17, 15) is 9.59 Å². The molecule has 0 aromatic carbocycles. The number of amides is 1. The van der Waals surface area contributed by atoms with Crippen LogP contribution in [-0.4, -0.2) is 38.7 Å². The first-order valence-electron chi connectivity index (χ1n) is 8.17. The molecule has 0 aliphatic carbocycles. The van der Waals surface area contributed by atoms with Crippen LogP contribution < -0.4 is 5.32 Å². The Morgan fingerprint density at radius 2 is 2.00 bits per heavy atom. The third kappa shape index (κ3) is 5.77. The van der Waals surface area contributed by atoms with Gasteiger partial charge in [-0.3, -0.25) is 4.79 Å². The molecule has 2 rings (SSSR count). The molecule has 2 heterocycles. The monoisotopic (exact) mass is 394 g/mol. The van der Waals surface area contributed by atoms with Gasteiger partial charge in [-0.05, 0) is 32.8 Å². The predicted octanol–water partition coefficient (Wildman–Crippen LogP) is 3.48. The number of hydrogen-bond acceptors (Lipinski definition) is 8. The van der Waals surface area contributed by atoms with Gasteiger partial charge in [-0.15, -0.1) is 0 Å². The number of thiazole rings is 1. The maximum absolute atomic E-state index is 12.4. The van der Waals surface area contributed by atoms with Crippen LogP contribution in [0.3, 0.4) is 0 Å². The number of anilines is 1. The fourth-order valence-electron chi connectivity index (χ4n) is 1.88. The van der Waals surface area contributed by atoms with Gasteiger partial charge in [0.25, 0.3) is 0 Å². The Hall–Kier alpha value is -2.00. The molecule has 1 atom stereocenters. The third-order valence-electron chi connectivity index (χ3n) is 3.21. The van der Waals surface area contributed by atoms with E-state index in [1.165, 1.54) is 18.1 Å². The Morgan fingerprint density at radius 3 is 2.65 bits per heavy atom. The van der Waals surface area contributed by atoms with Crippen LogP contribution in [0.4, 0.5) is 5.13 Å². The lowest BCUT2D eigenvalue weighted by molar-refractivity contribution is -0.115. The molecule has 0 spiro atoms. The highest BCUT2D eigenvalue weighted by molar-refractivity contribution is 8.00. The zero-order valence-corrected chi connectivity index (χ0v) is 17.0. The topological polar surface area (TPSA) is 94.1 Å². The molecule has 0 fully saturated rings. The molecule has 0 aliphatic heterocycles. The number of nitrogens with one attached hydrogen (secondary N) is 1. The van der Waals surface area contributed by atoms with E-state index in [1.807, 2.05) is 26.8 Å². The van der Waals surface area contributed by atoms with Crippen molar-refractivity contribution < 1.29 is 14.3 Å². The molecular weight excluding hydrogens is 372 g/mol. The van der Waals surface area contributed by atoms with E-state index >= 15 is 0 Å².